The minimum Gasteiger partial charge on any atom is -0.494 e. The Kier molecular flexibility index (Phi) is 4.20. The van der Waals surface area contributed by atoms with Crippen LogP contribution in [0.15, 0.2) is 18.2 Å². The minimum absolute atomic E-state index is 0.0491. The Morgan fingerprint density at radius 2 is 2.28 bits per heavy atom. The lowest BCUT2D eigenvalue weighted by atomic mass is 9.99. The summed E-state index contributed by atoms with van der Waals surface area (Å²) in [5.74, 6) is 0.967. The summed E-state index contributed by atoms with van der Waals surface area (Å²) in [5.41, 5.74) is 7.82. The predicted molar refractivity (Wildman–Crippen MR) is 70.5 cm³/mol. The fraction of sp³-hybridized carbons (Fsp3) is 0.500. The number of hydrogen-bond acceptors (Lipinski definition) is 3. The summed E-state index contributed by atoms with van der Waals surface area (Å²) in [4.78, 5) is 11.5. The molecule has 0 saturated carbocycles. The molecule has 18 heavy (non-hydrogen) atoms. The smallest absolute Gasteiger partial charge is 0.220 e. The maximum absolute atomic E-state index is 11.5. The van der Waals surface area contributed by atoms with Crippen LogP contribution in [0.2, 0.25) is 0 Å². The molecule has 1 heterocycles. The number of fused-ring (bicyclic) bond motifs is 1. The number of ether oxygens (including phenoxy) is 1. The zero-order chi connectivity index (χ0) is 13.0. The van der Waals surface area contributed by atoms with Gasteiger partial charge in [0.2, 0.25) is 5.91 Å². The van der Waals surface area contributed by atoms with Crippen LogP contribution < -0.4 is 15.8 Å². The number of carbonyl (C=O) groups excluding carboxylic acids is 1. The van der Waals surface area contributed by atoms with E-state index in [0.717, 1.165) is 24.2 Å². The maximum Gasteiger partial charge on any atom is 0.220 e. The van der Waals surface area contributed by atoms with E-state index in [1.165, 1.54) is 5.56 Å². The second-order valence-electron chi connectivity index (χ2n) is 4.64. The van der Waals surface area contributed by atoms with E-state index < -0.39 is 0 Å². The molecule has 98 valence electrons. The third kappa shape index (κ3) is 3.01. The molecule has 1 atom stereocenters. The quantitative estimate of drug-likeness (QED) is 0.794. The lowest BCUT2D eigenvalue weighted by Gasteiger charge is -2.15. The number of hydrogen-bond donors (Lipinski definition) is 2. The second kappa shape index (κ2) is 5.87. The number of nitrogens with one attached hydrogen (secondary N) is 1. The summed E-state index contributed by atoms with van der Waals surface area (Å²) in [7, 11) is 0. The molecule has 0 radical (unpaired) electrons. The molecule has 1 unspecified atom stereocenters. The van der Waals surface area contributed by atoms with Crippen molar-refractivity contribution in [2.75, 3.05) is 13.2 Å². The molecule has 4 heteroatoms. The SMILES string of the molecule is CC1NC(=O)CCc2ccc(OCCCN)cc21. The van der Waals surface area contributed by atoms with Crippen LogP contribution in [0.3, 0.4) is 0 Å². The van der Waals surface area contributed by atoms with Gasteiger partial charge in [0.25, 0.3) is 0 Å². The van der Waals surface area contributed by atoms with Crippen molar-refractivity contribution in [3.63, 3.8) is 0 Å². The van der Waals surface area contributed by atoms with Crippen LogP contribution in [0.5, 0.6) is 5.75 Å². The Morgan fingerprint density at radius 3 is 3.06 bits per heavy atom. The monoisotopic (exact) mass is 248 g/mol. The molecule has 1 aliphatic rings. The van der Waals surface area contributed by atoms with Crippen LogP contribution in [0.1, 0.15) is 36.9 Å². The van der Waals surface area contributed by atoms with E-state index in [0.29, 0.717) is 19.6 Å². The number of amides is 1. The van der Waals surface area contributed by atoms with Crippen LogP contribution >= 0.6 is 0 Å². The first-order valence-electron chi connectivity index (χ1n) is 6.46. The molecule has 0 aliphatic carbocycles. The van der Waals surface area contributed by atoms with Crippen LogP contribution in [0.4, 0.5) is 0 Å². The van der Waals surface area contributed by atoms with Gasteiger partial charge in [0.05, 0.1) is 12.6 Å². The van der Waals surface area contributed by atoms with Gasteiger partial charge in [0.15, 0.2) is 0 Å². The van der Waals surface area contributed by atoms with E-state index in [9.17, 15) is 4.79 Å². The number of aryl methyl sites for hydroxylation is 1. The molecule has 0 aromatic heterocycles. The van der Waals surface area contributed by atoms with E-state index in [-0.39, 0.29) is 11.9 Å². The average Bonchev–Trinajstić information content (AvgIpc) is 2.50. The van der Waals surface area contributed by atoms with Gasteiger partial charge in [-0.1, -0.05) is 6.07 Å². The van der Waals surface area contributed by atoms with Crippen molar-refractivity contribution in [3.05, 3.63) is 29.3 Å². The molecule has 4 nitrogen and oxygen atoms in total. The molecular weight excluding hydrogens is 228 g/mol. The van der Waals surface area contributed by atoms with Crippen LogP contribution in [0, 0.1) is 0 Å². The van der Waals surface area contributed by atoms with Crippen molar-refractivity contribution in [2.45, 2.75) is 32.2 Å². The first kappa shape index (κ1) is 12.9. The molecule has 0 spiro atoms. The van der Waals surface area contributed by atoms with E-state index in [1.54, 1.807) is 0 Å². The highest BCUT2D eigenvalue weighted by Crippen LogP contribution is 2.27. The van der Waals surface area contributed by atoms with Gasteiger partial charge in [0.1, 0.15) is 5.75 Å². The van der Waals surface area contributed by atoms with Gasteiger partial charge in [-0.05, 0) is 49.6 Å². The highest BCUT2D eigenvalue weighted by Gasteiger charge is 2.18. The van der Waals surface area contributed by atoms with Gasteiger partial charge in [-0.2, -0.15) is 0 Å². The Bertz CT molecular complexity index is 432. The van der Waals surface area contributed by atoms with Crippen LogP contribution in [0.25, 0.3) is 0 Å². The number of benzene rings is 1. The van der Waals surface area contributed by atoms with Crippen LogP contribution in [-0.4, -0.2) is 19.1 Å². The number of nitrogens with two attached hydrogens (primary N) is 1. The average molecular weight is 248 g/mol. The molecule has 1 amide bonds. The summed E-state index contributed by atoms with van der Waals surface area (Å²) < 4.78 is 5.64. The van der Waals surface area contributed by atoms with Crippen molar-refractivity contribution in [3.8, 4) is 5.75 Å². The number of rotatable bonds is 4. The molecule has 0 bridgehead atoms. The normalized spacial score (nSPS) is 18.8. The van der Waals surface area contributed by atoms with Crippen molar-refractivity contribution < 1.29 is 9.53 Å². The van der Waals surface area contributed by atoms with Gasteiger partial charge in [-0.15, -0.1) is 0 Å². The Morgan fingerprint density at radius 1 is 1.44 bits per heavy atom. The summed E-state index contributed by atoms with van der Waals surface area (Å²) >= 11 is 0. The lowest BCUT2D eigenvalue weighted by Crippen LogP contribution is -2.24. The Balaban J connectivity index is 2.14. The van der Waals surface area contributed by atoms with E-state index in [2.05, 4.69) is 11.4 Å². The Hall–Kier alpha value is -1.55. The van der Waals surface area contributed by atoms with Gasteiger partial charge in [-0.25, -0.2) is 0 Å². The summed E-state index contributed by atoms with van der Waals surface area (Å²) in [5, 5.41) is 2.98. The van der Waals surface area contributed by atoms with Crippen molar-refractivity contribution in [1.82, 2.24) is 5.32 Å². The molecule has 0 fully saturated rings. The van der Waals surface area contributed by atoms with E-state index in [4.69, 9.17) is 10.5 Å². The predicted octanol–water partition coefficient (Wildman–Crippen LogP) is 1.54. The molecule has 1 aliphatic heterocycles. The second-order valence-corrected chi connectivity index (χ2v) is 4.64. The highest BCUT2D eigenvalue weighted by atomic mass is 16.5. The topological polar surface area (TPSA) is 64.3 Å². The van der Waals surface area contributed by atoms with Gasteiger partial charge < -0.3 is 15.8 Å². The minimum atomic E-state index is 0.0491. The standard InChI is InChI=1S/C14H20N2O2/c1-10-13-9-12(18-8-2-7-15)5-3-11(13)4-6-14(17)16-10/h3,5,9-10H,2,4,6-8,15H2,1H3,(H,16,17). The number of carbonyl (C=O) groups is 1. The first-order chi connectivity index (χ1) is 8.70. The summed E-state index contributed by atoms with van der Waals surface area (Å²) in [6.07, 6.45) is 2.21. The van der Waals surface area contributed by atoms with Gasteiger partial charge in [0, 0.05) is 6.42 Å². The molecule has 3 N–H and O–H groups in total. The van der Waals surface area contributed by atoms with Crippen molar-refractivity contribution in [1.29, 1.82) is 0 Å². The van der Waals surface area contributed by atoms with Crippen molar-refractivity contribution in [2.24, 2.45) is 5.73 Å². The third-order valence-corrected chi connectivity index (χ3v) is 3.20. The zero-order valence-corrected chi connectivity index (χ0v) is 10.7. The molecule has 1 aromatic rings. The Labute approximate surface area is 108 Å². The fourth-order valence-corrected chi connectivity index (χ4v) is 2.21. The van der Waals surface area contributed by atoms with Gasteiger partial charge in [-0.3, -0.25) is 4.79 Å². The van der Waals surface area contributed by atoms with Crippen LogP contribution in [-0.2, 0) is 11.2 Å². The van der Waals surface area contributed by atoms with E-state index >= 15 is 0 Å². The lowest BCUT2D eigenvalue weighted by molar-refractivity contribution is -0.121. The van der Waals surface area contributed by atoms with Gasteiger partial charge >= 0.3 is 0 Å². The molecule has 1 aromatic carbocycles. The zero-order valence-electron chi connectivity index (χ0n) is 10.7. The fourth-order valence-electron chi connectivity index (χ4n) is 2.21. The summed E-state index contributed by atoms with van der Waals surface area (Å²) in [6, 6.07) is 6.11. The maximum atomic E-state index is 11.5. The first-order valence-corrected chi connectivity index (χ1v) is 6.46. The summed E-state index contributed by atoms with van der Waals surface area (Å²) in [6.45, 7) is 3.28. The highest BCUT2D eigenvalue weighted by molar-refractivity contribution is 5.77. The molecule has 0 saturated heterocycles. The third-order valence-electron chi connectivity index (χ3n) is 3.20. The molecular formula is C14H20N2O2. The molecule has 2 rings (SSSR count). The largest absolute Gasteiger partial charge is 0.494 e. The van der Waals surface area contributed by atoms with E-state index in [1.807, 2.05) is 19.1 Å². The van der Waals surface area contributed by atoms with Crippen molar-refractivity contribution >= 4 is 5.91 Å².